The molecule has 1 aliphatic heterocycles. The van der Waals surface area contributed by atoms with Gasteiger partial charge in [-0.05, 0) is 43.0 Å². The molecule has 1 aromatic carbocycles. The van der Waals surface area contributed by atoms with Gasteiger partial charge in [0.25, 0.3) is 5.91 Å². The van der Waals surface area contributed by atoms with Gasteiger partial charge in [-0.15, -0.1) is 0 Å². The van der Waals surface area contributed by atoms with Crippen molar-refractivity contribution >= 4 is 5.91 Å². The number of pyridine rings is 1. The highest BCUT2D eigenvalue weighted by atomic mass is 16.2. The first-order valence-electron chi connectivity index (χ1n) is 10.1. The summed E-state index contributed by atoms with van der Waals surface area (Å²) in [6, 6.07) is 13.7. The molecule has 0 unspecified atom stereocenters. The zero-order valence-electron chi connectivity index (χ0n) is 16.3. The van der Waals surface area contributed by atoms with Crippen molar-refractivity contribution in [3.05, 3.63) is 66.6 Å². The molecule has 5 nitrogen and oxygen atoms in total. The highest BCUT2D eigenvalue weighted by molar-refractivity contribution is 6.00. The topological polar surface area (TPSA) is 51.0 Å². The minimum absolute atomic E-state index is 0.0657. The first-order valence-corrected chi connectivity index (χ1v) is 10.1. The van der Waals surface area contributed by atoms with E-state index in [0.717, 1.165) is 43.1 Å². The van der Waals surface area contributed by atoms with Gasteiger partial charge in [0.05, 0.1) is 11.3 Å². The second-order valence-electron chi connectivity index (χ2n) is 7.44. The lowest BCUT2D eigenvalue weighted by atomic mass is 9.92. The van der Waals surface area contributed by atoms with Crippen LogP contribution in [0.15, 0.2) is 61.1 Å². The molecule has 0 radical (unpaired) electrons. The van der Waals surface area contributed by atoms with E-state index in [-0.39, 0.29) is 5.91 Å². The highest BCUT2D eigenvalue weighted by Crippen LogP contribution is 2.27. The number of rotatable bonds is 5. The minimum atomic E-state index is 0.0657. The molecule has 1 fully saturated rings. The molecule has 28 heavy (non-hydrogen) atoms. The van der Waals surface area contributed by atoms with Gasteiger partial charge in [-0.3, -0.25) is 9.78 Å². The Hall–Kier alpha value is -2.95. The maximum Gasteiger partial charge on any atom is 0.257 e. The van der Waals surface area contributed by atoms with Crippen molar-refractivity contribution in [3.63, 3.8) is 0 Å². The van der Waals surface area contributed by atoms with Crippen LogP contribution < -0.4 is 0 Å². The maximum absolute atomic E-state index is 13.4. The lowest BCUT2D eigenvalue weighted by Gasteiger charge is -2.31. The largest absolute Gasteiger partial charge is 0.339 e. The van der Waals surface area contributed by atoms with Gasteiger partial charge in [-0.2, -0.15) is 5.10 Å². The Balaban J connectivity index is 1.65. The molecule has 0 spiro atoms. The number of benzene rings is 1. The molecule has 3 aromatic rings. The molecule has 0 aliphatic carbocycles. The normalized spacial score (nSPS) is 15.0. The van der Waals surface area contributed by atoms with E-state index in [0.29, 0.717) is 11.3 Å². The van der Waals surface area contributed by atoms with Gasteiger partial charge >= 0.3 is 0 Å². The molecule has 0 atom stereocenters. The predicted octanol–water partition coefficient (Wildman–Crippen LogP) is 4.59. The van der Waals surface area contributed by atoms with Crippen LogP contribution in [0.25, 0.3) is 16.9 Å². The molecule has 1 amide bonds. The number of para-hydroxylation sites is 1. The number of hydrogen-bond acceptors (Lipinski definition) is 3. The first kappa shape index (κ1) is 18.4. The Morgan fingerprint density at radius 2 is 1.89 bits per heavy atom. The maximum atomic E-state index is 13.4. The number of amides is 1. The van der Waals surface area contributed by atoms with Crippen LogP contribution in [0.2, 0.25) is 0 Å². The highest BCUT2D eigenvalue weighted by Gasteiger charge is 2.27. The zero-order chi connectivity index (χ0) is 19.3. The summed E-state index contributed by atoms with van der Waals surface area (Å²) >= 11 is 0. The number of carbonyl (C=O) groups excluding carboxylic acids is 1. The molecular weight excluding hydrogens is 348 g/mol. The molecular formula is C23H26N4O. The third-order valence-corrected chi connectivity index (χ3v) is 5.50. The third kappa shape index (κ3) is 3.84. The zero-order valence-corrected chi connectivity index (χ0v) is 16.3. The van der Waals surface area contributed by atoms with Crippen LogP contribution >= 0.6 is 0 Å². The fraction of sp³-hybridized carbons (Fsp3) is 0.348. The summed E-state index contributed by atoms with van der Waals surface area (Å²) in [5, 5.41) is 4.74. The number of likely N-dealkylation sites (tertiary alicyclic amines) is 1. The Kier molecular flexibility index (Phi) is 5.51. The molecule has 0 N–H and O–H groups in total. The summed E-state index contributed by atoms with van der Waals surface area (Å²) in [5.74, 6) is 0.815. The van der Waals surface area contributed by atoms with E-state index in [2.05, 4.69) is 11.9 Å². The Morgan fingerprint density at radius 1 is 1.11 bits per heavy atom. The van der Waals surface area contributed by atoms with Gasteiger partial charge < -0.3 is 4.90 Å². The third-order valence-electron chi connectivity index (χ3n) is 5.50. The number of carbonyl (C=O) groups is 1. The van der Waals surface area contributed by atoms with E-state index in [9.17, 15) is 4.79 Å². The van der Waals surface area contributed by atoms with Crippen molar-refractivity contribution < 1.29 is 4.79 Å². The van der Waals surface area contributed by atoms with E-state index in [1.807, 2.05) is 53.6 Å². The van der Waals surface area contributed by atoms with Crippen LogP contribution in [0.1, 0.15) is 43.0 Å². The van der Waals surface area contributed by atoms with Gasteiger partial charge in [-0.1, -0.05) is 38.0 Å². The molecule has 0 bridgehead atoms. The van der Waals surface area contributed by atoms with Crippen LogP contribution in [0.5, 0.6) is 0 Å². The van der Waals surface area contributed by atoms with Crippen molar-refractivity contribution in [2.75, 3.05) is 13.1 Å². The van der Waals surface area contributed by atoms with Crippen LogP contribution in [0.4, 0.5) is 0 Å². The summed E-state index contributed by atoms with van der Waals surface area (Å²) < 4.78 is 1.79. The van der Waals surface area contributed by atoms with Gasteiger partial charge in [0, 0.05) is 37.2 Å². The molecule has 1 saturated heterocycles. The van der Waals surface area contributed by atoms with Gasteiger partial charge in [0.1, 0.15) is 5.69 Å². The van der Waals surface area contributed by atoms with Crippen molar-refractivity contribution in [1.29, 1.82) is 0 Å². The average molecular weight is 374 g/mol. The smallest absolute Gasteiger partial charge is 0.257 e. The molecule has 3 heterocycles. The van der Waals surface area contributed by atoms with Gasteiger partial charge in [-0.25, -0.2) is 4.68 Å². The fourth-order valence-corrected chi connectivity index (χ4v) is 3.96. The van der Waals surface area contributed by atoms with E-state index < -0.39 is 0 Å². The van der Waals surface area contributed by atoms with Crippen LogP contribution in [0.3, 0.4) is 0 Å². The Labute approximate surface area is 166 Å². The SMILES string of the molecule is CCCC1CCN(C(=O)c2cn(-c3ccccc3)nc2-c2cccnc2)CC1. The first-order chi connectivity index (χ1) is 13.8. The lowest BCUT2D eigenvalue weighted by Crippen LogP contribution is -2.38. The van der Waals surface area contributed by atoms with Gasteiger partial charge in [0.15, 0.2) is 0 Å². The van der Waals surface area contributed by atoms with Crippen molar-refractivity contribution in [1.82, 2.24) is 19.7 Å². The second-order valence-corrected chi connectivity index (χ2v) is 7.44. The van der Waals surface area contributed by atoms with Crippen molar-refractivity contribution in [2.45, 2.75) is 32.6 Å². The van der Waals surface area contributed by atoms with E-state index >= 15 is 0 Å². The molecule has 1 aliphatic rings. The van der Waals surface area contributed by atoms with Crippen molar-refractivity contribution in [3.8, 4) is 16.9 Å². The average Bonchev–Trinajstić information content (AvgIpc) is 3.21. The summed E-state index contributed by atoms with van der Waals surface area (Å²) in [4.78, 5) is 19.6. The lowest BCUT2D eigenvalue weighted by molar-refractivity contribution is 0.0687. The molecule has 4 rings (SSSR count). The summed E-state index contributed by atoms with van der Waals surface area (Å²) in [6.45, 7) is 3.88. The van der Waals surface area contributed by atoms with Gasteiger partial charge in [0.2, 0.25) is 0 Å². The molecule has 0 saturated carbocycles. The fourth-order valence-electron chi connectivity index (χ4n) is 3.96. The number of piperidine rings is 1. The van der Waals surface area contributed by atoms with Crippen molar-refractivity contribution in [2.24, 2.45) is 5.92 Å². The number of aromatic nitrogens is 3. The molecule has 5 heteroatoms. The number of nitrogens with zero attached hydrogens (tertiary/aromatic N) is 4. The van der Waals surface area contributed by atoms with E-state index in [1.165, 1.54) is 12.8 Å². The Morgan fingerprint density at radius 3 is 2.57 bits per heavy atom. The monoisotopic (exact) mass is 374 g/mol. The second kappa shape index (κ2) is 8.38. The summed E-state index contributed by atoms with van der Waals surface area (Å²) in [5.41, 5.74) is 3.14. The minimum Gasteiger partial charge on any atom is -0.339 e. The van der Waals surface area contributed by atoms with Crippen LogP contribution in [-0.4, -0.2) is 38.7 Å². The standard InChI is InChI=1S/C23H26N4O/c1-2-7-18-11-14-26(15-12-18)23(28)21-17-27(20-9-4-3-5-10-20)25-22(21)19-8-6-13-24-16-19/h3-6,8-10,13,16-18H,2,7,11-12,14-15H2,1H3. The summed E-state index contributed by atoms with van der Waals surface area (Å²) in [6.07, 6.45) is 10.0. The predicted molar refractivity (Wildman–Crippen MR) is 110 cm³/mol. The molecule has 144 valence electrons. The Bertz CT molecular complexity index is 912. The molecule has 2 aromatic heterocycles. The van der Waals surface area contributed by atoms with Crippen LogP contribution in [-0.2, 0) is 0 Å². The number of hydrogen-bond donors (Lipinski definition) is 0. The quantitative estimate of drug-likeness (QED) is 0.656. The summed E-state index contributed by atoms with van der Waals surface area (Å²) in [7, 11) is 0. The van der Waals surface area contributed by atoms with E-state index in [4.69, 9.17) is 5.10 Å². The van der Waals surface area contributed by atoms with E-state index in [1.54, 1.807) is 17.1 Å². The van der Waals surface area contributed by atoms with Crippen LogP contribution in [0, 0.1) is 5.92 Å².